The van der Waals surface area contributed by atoms with Crippen molar-refractivity contribution < 1.29 is 31.1 Å². The topological polar surface area (TPSA) is 102 Å². The van der Waals surface area contributed by atoms with E-state index >= 15 is 0 Å². The number of aryl methyl sites for hydroxylation is 1. The Kier molecular flexibility index (Phi) is 6.81. The molecule has 1 aliphatic rings. The first-order chi connectivity index (χ1) is 17.3. The number of rotatable bonds is 5. The average molecular weight is 528 g/mol. The van der Waals surface area contributed by atoms with Gasteiger partial charge in [-0.05, 0) is 12.8 Å². The average Bonchev–Trinajstić information content (AvgIpc) is 3.11. The zero-order valence-corrected chi connectivity index (χ0v) is 19.9. The van der Waals surface area contributed by atoms with E-state index in [1.807, 2.05) is 0 Å². The van der Waals surface area contributed by atoms with Crippen molar-refractivity contribution in [1.82, 2.24) is 34.6 Å². The fourth-order valence-corrected chi connectivity index (χ4v) is 4.24. The zero-order valence-electron chi connectivity index (χ0n) is 19.9. The fraction of sp³-hybridized carbons (Fsp3) is 0.455. The second kappa shape index (κ2) is 9.59. The van der Waals surface area contributed by atoms with Gasteiger partial charge in [-0.1, -0.05) is 6.92 Å². The molecule has 9 nitrogen and oxygen atoms in total. The number of anilines is 1. The summed E-state index contributed by atoms with van der Waals surface area (Å²) in [4.78, 5) is 29.7. The molecule has 0 bridgehead atoms. The molecule has 1 aliphatic heterocycles. The Morgan fingerprint density at radius 1 is 1.14 bits per heavy atom. The number of piperidine rings is 1. The SMILES string of the molecule is Cc1c(-c2ncc(F)cn2)c(C(=O)N2CC(F)(F)C[C@@H](C)C2CNc2ncc(C(F)(F)F)cn2)nn1C. The summed E-state index contributed by atoms with van der Waals surface area (Å²) in [5, 5.41) is 6.93. The zero-order chi connectivity index (χ0) is 27.1. The molecule has 0 aliphatic carbocycles. The van der Waals surface area contributed by atoms with Crippen LogP contribution in [0.2, 0.25) is 0 Å². The van der Waals surface area contributed by atoms with Crippen molar-refractivity contribution in [1.29, 1.82) is 0 Å². The summed E-state index contributed by atoms with van der Waals surface area (Å²) in [6.07, 6.45) is -2.09. The Hall–Kier alpha value is -3.78. The molecule has 1 saturated heterocycles. The largest absolute Gasteiger partial charge is 0.419 e. The van der Waals surface area contributed by atoms with Crippen molar-refractivity contribution in [3.05, 3.63) is 47.6 Å². The molecule has 15 heteroatoms. The first kappa shape index (κ1) is 26.3. The Morgan fingerprint density at radius 2 is 1.76 bits per heavy atom. The molecule has 0 spiro atoms. The lowest BCUT2D eigenvalue weighted by atomic mass is 9.88. The van der Waals surface area contributed by atoms with E-state index in [0.29, 0.717) is 18.1 Å². The molecule has 4 rings (SSSR count). The highest BCUT2D eigenvalue weighted by atomic mass is 19.4. The van der Waals surface area contributed by atoms with E-state index < -0.39 is 54.3 Å². The first-order valence-corrected chi connectivity index (χ1v) is 11.1. The second-order valence-corrected chi connectivity index (χ2v) is 8.87. The van der Waals surface area contributed by atoms with Gasteiger partial charge in [0.15, 0.2) is 17.3 Å². The van der Waals surface area contributed by atoms with Crippen molar-refractivity contribution in [3.63, 3.8) is 0 Å². The van der Waals surface area contributed by atoms with Crippen LogP contribution in [0.1, 0.15) is 35.1 Å². The van der Waals surface area contributed by atoms with Crippen LogP contribution in [0, 0.1) is 18.7 Å². The van der Waals surface area contributed by atoms with Gasteiger partial charge < -0.3 is 10.2 Å². The number of hydrogen-bond acceptors (Lipinski definition) is 7. The van der Waals surface area contributed by atoms with E-state index in [9.17, 15) is 31.1 Å². The van der Waals surface area contributed by atoms with Crippen LogP contribution in [0.5, 0.6) is 0 Å². The van der Waals surface area contributed by atoms with Crippen LogP contribution in [0.15, 0.2) is 24.8 Å². The normalized spacial score (nSPS) is 19.6. The van der Waals surface area contributed by atoms with Gasteiger partial charge in [0.1, 0.15) is 0 Å². The van der Waals surface area contributed by atoms with Gasteiger partial charge in [-0.15, -0.1) is 0 Å². The number of halogens is 6. The molecule has 3 aromatic heterocycles. The molecule has 4 heterocycles. The van der Waals surface area contributed by atoms with Gasteiger partial charge in [0.25, 0.3) is 11.8 Å². The third-order valence-electron chi connectivity index (χ3n) is 6.17. The second-order valence-electron chi connectivity index (χ2n) is 8.87. The molecule has 1 fully saturated rings. The van der Waals surface area contributed by atoms with E-state index in [1.54, 1.807) is 20.9 Å². The van der Waals surface area contributed by atoms with Crippen molar-refractivity contribution in [3.8, 4) is 11.4 Å². The van der Waals surface area contributed by atoms with Gasteiger partial charge in [-0.2, -0.15) is 18.3 Å². The minimum absolute atomic E-state index is 0.00000230. The summed E-state index contributed by atoms with van der Waals surface area (Å²) in [7, 11) is 1.55. The van der Waals surface area contributed by atoms with Crippen molar-refractivity contribution in [2.24, 2.45) is 13.0 Å². The molecule has 0 saturated carbocycles. The summed E-state index contributed by atoms with van der Waals surface area (Å²) >= 11 is 0. The van der Waals surface area contributed by atoms with E-state index in [-0.39, 0.29) is 29.6 Å². The van der Waals surface area contributed by atoms with Crippen LogP contribution in [0.4, 0.5) is 32.3 Å². The van der Waals surface area contributed by atoms with Gasteiger partial charge >= 0.3 is 6.18 Å². The number of amides is 1. The molecule has 198 valence electrons. The van der Waals surface area contributed by atoms with Crippen molar-refractivity contribution >= 4 is 11.9 Å². The Balaban J connectivity index is 1.64. The number of nitrogens with one attached hydrogen (secondary N) is 1. The number of likely N-dealkylation sites (tertiary alicyclic amines) is 1. The first-order valence-electron chi connectivity index (χ1n) is 11.1. The highest BCUT2D eigenvalue weighted by Gasteiger charge is 2.47. The molecule has 2 atom stereocenters. The van der Waals surface area contributed by atoms with Crippen LogP contribution in [0.25, 0.3) is 11.4 Å². The molecule has 37 heavy (non-hydrogen) atoms. The Bertz CT molecular complexity index is 1280. The minimum Gasteiger partial charge on any atom is -0.352 e. The lowest BCUT2D eigenvalue weighted by molar-refractivity contribution is -0.138. The van der Waals surface area contributed by atoms with E-state index in [1.165, 1.54) is 4.68 Å². The molecule has 0 radical (unpaired) electrons. The van der Waals surface area contributed by atoms with E-state index in [4.69, 9.17) is 0 Å². The summed E-state index contributed by atoms with van der Waals surface area (Å²) < 4.78 is 82.2. The Morgan fingerprint density at radius 3 is 2.35 bits per heavy atom. The summed E-state index contributed by atoms with van der Waals surface area (Å²) in [6.45, 7) is 2.15. The number of alkyl halides is 5. The molecular weight excluding hydrogens is 506 g/mol. The van der Waals surface area contributed by atoms with Gasteiger partial charge in [-0.25, -0.2) is 33.1 Å². The van der Waals surface area contributed by atoms with Crippen LogP contribution in [-0.2, 0) is 13.2 Å². The standard InChI is InChI=1S/C22H22F6N8O/c1-11-4-21(24,25)10-36(15(11)9-33-20-31-5-13(6-32-20)22(26,27)28)19(37)17-16(12(2)35(3)34-17)18-29-7-14(23)8-30-18/h5-8,11,15H,4,9-10H2,1-3H3,(H,31,32,33)/t11-,15?/m1/s1. The molecule has 1 N–H and O–H groups in total. The highest BCUT2D eigenvalue weighted by molar-refractivity contribution is 5.99. The summed E-state index contributed by atoms with van der Waals surface area (Å²) in [6, 6.07) is -0.803. The lowest BCUT2D eigenvalue weighted by Crippen LogP contribution is -2.57. The number of carbonyl (C=O) groups excluding carboxylic acids is 1. The van der Waals surface area contributed by atoms with Gasteiger partial charge in [0.05, 0.1) is 36.1 Å². The predicted molar refractivity (Wildman–Crippen MR) is 118 cm³/mol. The van der Waals surface area contributed by atoms with E-state index in [2.05, 4.69) is 30.4 Å². The summed E-state index contributed by atoms with van der Waals surface area (Å²) in [5.41, 5.74) is -0.597. The number of aromatic nitrogens is 6. The van der Waals surface area contributed by atoms with Crippen LogP contribution in [0.3, 0.4) is 0 Å². The third-order valence-corrected chi connectivity index (χ3v) is 6.17. The summed E-state index contributed by atoms with van der Waals surface area (Å²) in [5.74, 6) is -5.56. The highest BCUT2D eigenvalue weighted by Crippen LogP contribution is 2.36. The molecule has 3 aromatic rings. The number of carbonyl (C=O) groups is 1. The molecule has 0 aromatic carbocycles. The smallest absolute Gasteiger partial charge is 0.352 e. The maximum absolute atomic E-state index is 14.6. The fourth-order valence-electron chi connectivity index (χ4n) is 4.24. The van der Waals surface area contributed by atoms with Crippen LogP contribution in [-0.4, -0.2) is 65.6 Å². The molecule has 1 amide bonds. The van der Waals surface area contributed by atoms with Crippen LogP contribution >= 0.6 is 0 Å². The maximum Gasteiger partial charge on any atom is 0.419 e. The van der Waals surface area contributed by atoms with E-state index in [0.717, 1.165) is 17.3 Å². The molecular formula is C22H22F6N8O. The van der Waals surface area contributed by atoms with Gasteiger partial charge in [0.2, 0.25) is 5.95 Å². The number of nitrogens with zero attached hydrogens (tertiary/aromatic N) is 7. The maximum atomic E-state index is 14.6. The Labute approximate surface area is 207 Å². The van der Waals surface area contributed by atoms with Crippen molar-refractivity contribution in [2.45, 2.75) is 38.4 Å². The quantitative estimate of drug-likeness (QED) is 0.504. The lowest BCUT2D eigenvalue weighted by Gasteiger charge is -2.43. The number of hydrogen-bond donors (Lipinski definition) is 1. The monoisotopic (exact) mass is 528 g/mol. The molecule has 1 unspecified atom stereocenters. The van der Waals surface area contributed by atoms with Gasteiger partial charge in [0, 0.05) is 38.1 Å². The third kappa shape index (κ3) is 5.49. The van der Waals surface area contributed by atoms with Gasteiger partial charge in [-0.3, -0.25) is 9.48 Å². The minimum atomic E-state index is -4.61. The van der Waals surface area contributed by atoms with Crippen molar-refractivity contribution in [2.75, 3.05) is 18.4 Å². The predicted octanol–water partition coefficient (Wildman–Crippen LogP) is 3.73. The van der Waals surface area contributed by atoms with Crippen LogP contribution < -0.4 is 5.32 Å².